The van der Waals surface area contributed by atoms with Gasteiger partial charge in [-0.1, -0.05) is 42.5 Å². The van der Waals surface area contributed by atoms with Crippen LogP contribution in [0.5, 0.6) is 5.75 Å². The van der Waals surface area contributed by atoms with Gasteiger partial charge in [-0.05, 0) is 23.3 Å². The number of thioether (sulfide) groups is 2. The third-order valence-corrected chi connectivity index (χ3v) is 5.73. The fourth-order valence-corrected chi connectivity index (χ4v) is 3.53. The SMILES string of the molecule is O=C(CSCc1ccccc1)N/N=C\c1cccc(OC2CSC2)c1. The lowest BCUT2D eigenvalue weighted by Crippen LogP contribution is -2.31. The standard InChI is InChI=1S/C19H20N2O2S2/c22-19(14-24-11-15-5-2-1-3-6-15)21-20-10-16-7-4-8-17(9-16)23-18-12-25-13-18/h1-10,18H,11-14H2,(H,21,22)/b20-10-. The highest BCUT2D eigenvalue weighted by molar-refractivity contribution is 8.00. The fraction of sp³-hybridized carbons (Fsp3) is 0.263. The van der Waals surface area contributed by atoms with Gasteiger partial charge in [0.1, 0.15) is 11.9 Å². The molecule has 1 amide bonds. The summed E-state index contributed by atoms with van der Waals surface area (Å²) in [6.07, 6.45) is 1.96. The molecule has 4 nitrogen and oxygen atoms in total. The zero-order valence-corrected chi connectivity index (χ0v) is 15.4. The monoisotopic (exact) mass is 372 g/mol. The first-order valence-corrected chi connectivity index (χ1v) is 10.4. The molecule has 0 bridgehead atoms. The summed E-state index contributed by atoms with van der Waals surface area (Å²) in [7, 11) is 0. The number of carbonyl (C=O) groups excluding carboxylic acids is 1. The summed E-state index contributed by atoms with van der Waals surface area (Å²) < 4.78 is 5.84. The number of rotatable bonds is 8. The second kappa shape index (κ2) is 9.53. The van der Waals surface area contributed by atoms with Gasteiger partial charge in [0.25, 0.3) is 0 Å². The third kappa shape index (κ3) is 6.14. The van der Waals surface area contributed by atoms with Gasteiger partial charge < -0.3 is 4.74 Å². The number of hydrazone groups is 1. The van der Waals surface area contributed by atoms with E-state index in [1.807, 2.05) is 54.2 Å². The lowest BCUT2D eigenvalue weighted by molar-refractivity contribution is -0.118. The van der Waals surface area contributed by atoms with Crippen molar-refractivity contribution < 1.29 is 9.53 Å². The highest BCUT2D eigenvalue weighted by Gasteiger charge is 2.19. The van der Waals surface area contributed by atoms with Gasteiger partial charge in [-0.25, -0.2) is 5.43 Å². The molecule has 6 heteroatoms. The van der Waals surface area contributed by atoms with Gasteiger partial charge in [0.2, 0.25) is 5.91 Å². The van der Waals surface area contributed by atoms with Crippen LogP contribution in [0, 0.1) is 0 Å². The molecule has 2 aromatic rings. The van der Waals surface area contributed by atoms with E-state index in [1.54, 1.807) is 18.0 Å². The lowest BCUT2D eigenvalue weighted by Gasteiger charge is -2.25. The summed E-state index contributed by atoms with van der Waals surface area (Å²) in [6, 6.07) is 17.8. The van der Waals surface area contributed by atoms with Crippen LogP contribution in [0.4, 0.5) is 0 Å². The van der Waals surface area contributed by atoms with Gasteiger partial charge in [-0.3, -0.25) is 4.79 Å². The predicted molar refractivity (Wildman–Crippen MR) is 107 cm³/mol. The molecule has 1 aliphatic heterocycles. The molecule has 0 aliphatic carbocycles. The number of nitrogens with zero attached hydrogens (tertiary/aromatic N) is 1. The summed E-state index contributed by atoms with van der Waals surface area (Å²) in [4.78, 5) is 11.8. The zero-order valence-electron chi connectivity index (χ0n) is 13.8. The molecule has 0 saturated carbocycles. The molecule has 0 atom stereocenters. The van der Waals surface area contributed by atoms with Crippen molar-refractivity contribution >= 4 is 35.6 Å². The van der Waals surface area contributed by atoms with Crippen molar-refractivity contribution in [2.75, 3.05) is 17.3 Å². The number of benzene rings is 2. The average Bonchev–Trinajstić information content (AvgIpc) is 2.60. The number of amides is 1. The van der Waals surface area contributed by atoms with Crippen molar-refractivity contribution in [3.63, 3.8) is 0 Å². The van der Waals surface area contributed by atoms with Crippen LogP contribution < -0.4 is 10.2 Å². The predicted octanol–water partition coefficient (Wildman–Crippen LogP) is 3.56. The van der Waals surface area contributed by atoms with Crippen molar-refractivity contribution in [3.05, 3.63) is 65.7 Å². The maximum atomic E-state index is 11.8. The van der Waals surface area contributed by atoms with Crippen LogP contribution in [0.25, 0.3) is 0 Å². The van der Waals surface area contributed by atoms with E-state index in [1.165, 1.54) is 5.56 Å². The second-order valence-corrected chi connectivity index (χ2v) is 7.68. The van der Waals surface area contributed by atoms with Crippen molar-refractivity contribution in [2.45, 2.75) is 11.9 Å². The Balaban J connectivity index is 1.39. The molecule has 1 saturated heterocycles. The van der Waals surface area contributed by atoms with Crippen molar-refractivity contribution in [1.82, 2.24) is 5.43 Å². The van der Waals surface area contributed by atoms with Crippen molar-refractivity contribution in [3.8, 4) is 5.75 Å². The molecule has 2 aromatic carbocycles. The Morgan fingerprint density at radius 1 is 1.24 bits per heavy atom. The normalized spacial score (nSPS) is 14.2. The minimum atomic E-state index is -0.101. The van der Waals surface area contributed by atoms with E-state index >= 15 is 0 Å². The van der Waals surface area contributed by atoms with Crippen LogP contribution in [-0.2, 0) is 10.5 Å². The smallest absolute Gasteiger partial charge is 0.250 e. The summed E-state index contributed by atoms with van der Waals surface area (Å²) in [5.74, 6) is 4.05. The summed E-state index contributed by atoms with van der Waals surface area (Å²) in [5, 5.41) is 4.02. The van der Waals surface area contributed by atoms with Gasteiger partial charge >= 0.3 is 0 Å². The van der Waals surface area contributed by atoms with Crippen LogP contribution in [0.1, 0.15) is 11.1 Å². The molecule has 25 heavy (non-hydrogen) atoms. The molecule has 1 heterocycles. The van der Waals surface area contributed by atoms with Gasteiger partial charge in [-0.2, -0.15) is 16.9 Å². The molecule has 130 valence electrons. The van der Waals surface area contributed by atoms with E-state index in [-0.39, 0.29) is 5.91 Å². The molecule has 0 spiro atoms. The molecular weight excluding hydrogens is 352 g/mol. The van der Waals surface area contributed by atoms with E-state index in [2.05, 4.69) is 22.7 Å². The first-order valence-electron chi connectivity index (χ1n) is 8.07. The molecule has 1 fully saturated rings. The number of carbonyl (C=O) groups is 1. The maximum absolute atomic E-state index is 11.8. The summed E-state index contributed by atoms with van der Waals surface area (Å²) >= 11 is 3.46. The van der Waals surface area contributed by atoms with Gasteiger partial charge in [0.05, 0.1) is 12.0 Å². The van der Waals surface area contributed by atoms with E-state index in [0.29, 0.717) is 11.9 Å². The highest BCUT2D eigenvalue weighted by atomic mass is 32.2. The Hall–Kier alpha value is -1.92. The molecule has 0 aromatic heterocycles. The van der Waals surface area contributed by atoms with Crippen LogP contribution in [0.2, 0.25) is 0 Å². The Labute approximate surface area is 156 Å². The van der Waals surface area contributed by atoms with E-state index in [9.17, 15) is 4.79 Å². The number of hydrogen-bond acceptors (Lipinski definition) is 5. The number of hydrogen-bond donors (Lipinski definition) is 1. The molecule has 0 radical (unpaired) electrons. The molecule has 0 unspecified atom stereocenters. The quantitative estimate of drug-likeness (QED) is 0.569. The topological polar surface area (TPSA) is 50.7 Å². The van der Waals surface area contributed by atoms with E-state index in [4.69, 9.17) is 4.74 Å². The van der Waals surface area contributed by atoms with Crippen LogP contribution in [-0.4, -0.2) is 35.5 Å². The molecular formula is C19H20N2O2S2. The highest BCUT2D eigenvalue weighted by Crippen LogP contribution is 2.24. The third-order valence-electron chi connectivity index (χ3n) is 3.52. The minimum absolute atomic E-state index is 0.101. The first kappa shape index (κ1) is 17.9. The van der Waals surface area contributed by atoms with Crippen LogP contribution >= 0.6 is 23.5 Å². The Morgan fingerprint density at radius 2 is 2.08 bits per heavy atom. The fourth-order valence-electron chi connectivity index (χ4n) is 2.19. The Bertz CT molecular complexity index is 718. The van der Waals surface area contributed by atoms with E-state index in [0.717, 1.165) is 28.6 Å². The van der Waals surface area contributed by atoms with Gasteiger partial charge in [0.15, 0.2) is 0 Å². The maximum Gasteiger partial charge on any atom is 0.250 e. The van der Waals surface area contributed by atoms with Crippen molar-refractivity contribution in [2.24, 2.45) is 5.10 Å². The van der Waals surface area contributed by atoms with E-state index < -0.39 is 0 Å². The number of nitrogens with one attached hydrogen (secondary N) is 1. The van der Waals surface area contributed by atoms with Gasteiger partial charge in [-0.15, -0.1) is 11.8 Å². The largest absolute Gasteiger partial charge is 0.489 e. The first-order chi connectivity index (χ1) is 12.3. The zero-order chi connectivity index (χ0) is 17.3. The average molecular weight is 373 g/mol. The summed E-state index contributed by atoms with van der Waals surface area (Å²) in [5.41, 5.74) is 4.68. The number of ether oxygens (including phenoxy) is 1. The second-order valence-electron chi connectivity index (χ2n) is 5.62. The lowest BCUT2D eigenvalue weighted by atomic mass is 10.2. The molecule has 1 aliphatic rings. The van der Waals surface area contributed by atoms with Crippen LogP contribution in [0.15, 0.2) is 59.7 Å². The van der Waals surface area contributed by atoms with Crippen LogP contribution in [0.3, 0.4) is 0 Å². The summed E-state index contributed by atoms with van der Waals surface area (Å²) in [6.45, 7) is 0. The Morgan fingerprint density at radius 3 is 2.84 bits per heavy atom. The Kier molecular flexibility index (Phi) is 6.82. The molecule has 3 rings (SSSR count). The van der Waals surface area contributed by atoms with Gasteiger partial charge in [0, 0.05) is 17.3 Å². The minimum Gasteiger partial charge on any atom is -0.489 e. The van der Waals surface area contributed by atoms with Crippen molar-refractivity contribution in [1.29, 1.82) is 0 Å². The molecule has 1 N–H and O–H groups in total.